The largest absolute Gasteiger partial charge is 0.349 e. The van der Waals surface area contributed by atoms with Crippen LogP contribution in [0.25, 0.3) is 11.6 Å². The smallest absolute Gasteiger partial charge is 0.0998 e. The van der Waals surface area contributed by atoms with Crippen molar-refractivity contribution in [1.82, 2.24) is 4.57 Å². The van der Waals surface area contributed by atoms with Gasteiger partial charge >= 0.3 is 0 Å². The van der Waals surface area contributed by atoms with E-state index in [1.807, 2.05) is 18.2 Å². The van der Waals surface area contributed by atoms with E-state index in [4.69, 9.17) is 11.6 Å². The Kier molecular flexibility index (Phi) is 4.32. The number of benzene rings is 1. The van der Waals surface area contributed by atoms with Gasteiger partial charge in [0.1, 0.15) is 0 Å². The molecule has 0 radical (unpaired) electrons. The van der Waals surface area contributed by atoms with E-state index >= 15 is 0 Å². The van der Waals surface area contributed by atoms with E-state index in [1.165, 1.54) is 5.69 Å². The van der Waals surface area contributed by atoms with Crippen LogP contribution in [0.4, 0.5) is 0 Å². The third-order valence-corrected chi connectivity index (χ3v) is 3.47. The standard InChI is InChI=1S/C17H17ClN2/c1-12(2)20-11-14(8-13(20)3)9-16(10-19)15-4-6-17(18)7-5-15/h4-9,11-12H,1-3H3/b16-9+. The molecule has 0 atom stereocenters. The number of aromatic nitrogens is 1. The molecule has 0 aliphatic heterocycles. The van der Waals surface area contributed by atoms with E-state index in [1.54, 1.807) is 12.1 Å². The monoisotopic (exact) mass is 284 g/mol. The van der Waals surface area contributed by atoms with Crippen molar-refractivity contribution in [3.05, 3.63) is 58.4 Å². The van der Waals surface area contributed by atoms with Crippen molar-refractivity contribution in [3.63, 3.8) is 0 Å². The van der Waals surface area contributed by atoms with Gasteiger partial charge in [-0.15, -0.1) is 0 Å². The number of nitrogens with zero attached hydrogens (tertiary/aromatic N) is 2. The molecule has 2 nitrogen and oxygen atoms in total. The second-order valence-corrected chi connectivity index (χ2v) is 5.53. The molecule has 0 bridgehead atoms. The molecule has 0 N–H and O–H groups in total. The summed E-state index contributed by atoms with van der Waals surface area (Å²) in [5.41, 5.74) is 3.76. The quantitative estimate of drug-likeness (QED) is 0.721. The lowest BCUT2D eigenvalue weighted by Crippen LogP contribution is -1.99. The summed E-state index contributed by atoms with van der Waals surface area (Å²) in [4.78, 5) is 0. The minimum absolute atomic E-state index is 0.415. The van der Waals surface area contributed by atoms with Crippen LogP contribution in [0.3, 0.4) is 0 Å². The number of nitriles is 1. The molecule has 2 aromatic rings. The van der Waals surface area contributed by atoms with Gasteiger partial charge < -0.3 is 4.57 Å². The SMILES string of the molecule is Cc1cc(/C=C(\C#N)c2ccc(Cl)cc2)cn1C(C)C. The molecular formula is C17H17ClN2. The normalized spacial score (nSPS) is 11.7. The molecule has 0 saturated carbocycles. The molecule has 2 rings (SSSR count). The molecule has 0 saturated heterocycles. The predicted molar refractivity (Wildman–Crippen MR) is 84.5 cm³/mol. The van der Waals surface area contributed by atoms with Crippen LogP contribution in [0.5, 0.6) is 0 Å². The molecule has 1 aromatic carbocycles. The number of rotatable bonds is 3. The summed E-state index contributed by atoms with van der Waals surface area (Å²) in [6.07, 6.45) is 3.99. The zero-order valence-electron chi connectivity index (χ0n) is 11.9. The zero-order chi connectivity index (χ0) is 14.7. The minimum atomic E-state index is 0.415. The second kappa shape index (κ2) is 5.98. The first-order valence-corrected chi connectivity index (χ1v) is 6.95. The van der Waals surface area contributed by atoms with Crippen LogP contribution in [0.2, 0.25) is 5.02 Å². The van der Waals surface area contributed by atoms with Crippen molar-refractivity contribution >= 4 is 23.3 Å². The molecule has 1 heterocycles. The van der Waals surface area contributed by atoms with Gasteiger partial charge in [0.2, 0.25) is 0 Å². The van der Waals surface area contributed by atoms with Crippen LogP contribution in [0, 0.1) is 18.3 Å². The summed E-state index contributed by atoms with van der Waals surface area (Å²) >= 11 is 5.87. The summed E-state index contributed by atoms with van der Waals surface area (Å²) in [7, 11) is 0. The molecular weight excluding hydrogens is 268 g/mol. The topological polar surface area (TPSA) is 28.7 Å². The van der Waals surface area contributed by atoms with Gasteiger partial charge in [0, 0.05) is 23.0 Å². The first-order valence-electron chi connectivity index (χ1n) is 6.57. The molecule has 0 fully saturated rings. The van der Waals surface area contributed by atoms with Gasteiger partial charge in [0.15, 0.2) is 0 Å². The summed E-state index contributed by atoms with van der Waals surface area (Å²) < 4.78 is 2.20. The maximum absolute atomic E-state index is 9.34. The highest BCUT2D eigenvalue weighted by molar-refractivity contribution is 6.30. The summed E-state index contributed by atoms with van der Waals surface area (Å²) in [5.74, 6) is 0. The molecule has 1 aromatic heterocycles. The van der Waals surface area contributed by atoms with Gasteiger partial charge in [-0.2, -0.15) is 5.26 Å². The van der Waals surface area contributed by atoms with E-state index in [-0.39, 0.29) is 0 Å². The lowest BCUT2D eigenvalue weighted by Gasteiger charge is -2.08. The highest BCUT2D eigenvalue weighted by Crippen LogP contribution is 2.22. The lowest BCUT2D eigenvalue weighted by molar-refractivity contribution is 0.589. The highest BCUT2D eigenvalue weighted by Gasteiger charge is 2.06. The van der Waals surface area contributed by atoms with E-state index in [0.717, 1.165) is 11.1 Å². The highest BCUT2D eigenvalue weighted by atomic mass is 35.5. The second-order valence-electron chi connectivity index (χ2n) is 5.09. The van der Waals surface area contributed by atoms with Crippen molar-refractivity contribution in [2.45, 2.75) is 26.8 Å². The van der Waals surface area contributed by atoms with E-state index in [9.17, 15) is 5.26 Å². The number of allylic oxidation sites excluding steroid dienone is 1. The molecule has 0 aliphatic carbocycles. The predicted octanol–water partition coefficient (Wildman–Crippen LogP) is 5.10. The third-order valence-electron chi connectivity index (χ3n) is 3.21. The number of halogens is 1. The Labute approximate surface area is 124 Å². The molecule has 20 heavy (non-hydrogen) atoms. The van der Waals surface area contributed by atoms with Crippen LogP contribution in [0.1, 0.15) is 36.7 Å². The molecule has 0 unspecified atom stereocenters. The third kappa shape index (κ3) is 3.12. The number of hydrogen-bond donors (Lipinski definition) is 0. The van der Waals surface area contributed by atoms with E-state index < -0.39 is 0 Å². The summed E-state index contributed by atoms with van der Waals surface area (Å²) in [6.45, 7) is 6.36. The van der Waals surface area contributed by atoms with Crippen LogP contribution >= 0.6 is 11.6 Å². The average molecular weight is 285 g/mol. The maximum atomic E-state index is 9.34. The van der Waals surface area contributed by atoms with Crippen LogP contribution < -0.4 is 0 Å². The maximum Gasteiger partial charge on any atom is 0.0998 e. The van der Waals surface area contributed by atoms with Crippen molar-refractivity contribution in [1.29, 1.82) is 5.26 Å². The first kappa shape index (κ1) is 14.4. The van der Waals surface area contributed by atoms with Gasteiger partial charge in [-0.3, -0.25) is 0 Å². The Balaban J connectivity index is 2.39. The van der Waals surface area contributed by atoms with Gasteiger partial charge in [-0.25, -0.2) is 0 Å². The molecule has 0 spiro atoms. The lowest BCUT2D eigenvalue weighted by atomic mass is 10.1. The van der Waals surface area contributed by atoms with E-state index in [0.29, 0.717) is 16.6 Å². The summed E-state index contributed by atoms with van der Waals surface area (Å²) in [5, 5.41) is 10.0. The molecule has 3 heteroatoms. The van der Waals surface area contributed by atoms with E-state index in [2.05, 4.69) is 43.7 Å². The minimum Gasteiger partial charge on any atom is -0.349 e. The molecule has 0 aliphatic rings. The Hall–Kier alpha value is -1.98. The Bertz CT molecular complexity index is 670. The van der Waals surface area contributed by atoms with Crippen molar-refractivity contribution < 1.29 is 0 Å². The van der Waals surface area contributed by atoms with Gasteiger partial charge in [-0.05, 0) is 56.2 Å². The summed E-state index contributed by atoms with van der Waals surface area (Å²) in [6, 6.07) is 12.1. The van der Waals surface area contributed by atoms with Crippen LogP contribution in [-0.2, 0) is 0 Å². The van der Waals surface area contributed by atoms with Crippen LogP contribution in [0.15, 0.2) is 36.5 Å². The molecule has 0 amide bonds. The Morgan fingerprint density at radius 1 is 1.30 bits per heavy atom. The number of hydrogen-bond acceptors (Lipinski definition) is 1. The fourth-order valence-electron chi connectivity index (χ4n) is 2.23. The Morgan fingerprint density at radius 2 is 1.95 bits per heavy atom. The van der Waals surface area contributed by atoms with Gasteiger partial charge in [-0.1, -0.05) is 23.7 Å². The Morgan fingerprint density at radius 3 is 2.45 bits per heavy atom. The first-order chi connectivity index (χ1) is 9.51. The average Bonchev–Trinajstić information content (AvgIpc) is 2.78. The van der Waals surface area contributed by atoms with Gasteiger partial charge in [0.05, 0.1) is 11.6 Å². The van der Waals surface area contributed by atoms with Crippen molar-refractivity contribution in [2.75, 3.05) is 0 Å². The van der Waals surface area contributed by atoms with Crippen LogP contribution in [-0.4, -0.2) is 4.57 Å². The van der Waals surface area contributed by atoms with Gasteiger partial charge in [0.25, 0.3) is 0 Å². The van der Waals surface area contributed by atoms with Crippen molar-refractivity contribution in [2.24, 2.45) is 0 Å². The number of aryl methyl sites for hydroxylation is 1. The zero-order valence-corrected chi connectivity index (χ0v) is 12.6. The molecule has 102 valence electrons. The fourth-order valence-corrected chi connectivity index (χ4v) is 2.35. The van der Waals surface area contributed by atoms with Crippen molar-refractivity contribution in [3.8, 4) is 6.07 Å². The fraction of sp³-hybridized carbons (Fsp3) is 0.235.